The SMILES string of the molecule is COC(=O)C1CC(O)C[NH2+]1. The Balaban J connectivity index is 2.37. The van der Waals surface area contributed by atoms with Gasteiger partial charge in [-0.2, -0.15) is 0 Å². The molecule has 1 fully saturated rings. The molecule has 2 atom stereocenters. The molecule has 0 radical (unpaired) electrons. The maximum Gasteiger partial charge on any atom is 0.364 e. The van der Waals surface area contributed by atoms with Gasteiger partial charge in [-0.1, -0.05) is 0 Å². The van der Waals surface area contributed by atoms with Crippen LogP contribution in [0.2, 0.25) is 0 Å². The Morgan fingerprint density at radius 3 is 2.90 bits per heavy atom. The molecule has 0 bridgehead atoms. The van der Waals surface area contributed by atoms with Gasteiger partial charge < -0.3 is 15.2 Å². The highest BCUT2D eigenvalue weighted by molar-refractivity contribution is 5.74. The lowest BCUT2D eigenvalue weighted by Crippen LogP contribution is -2.89. The average molecular weight is 146 g/mol. The summed E-state index contributed by atoms with van der Waals surface area (Å²) in [7, 11) is 1.36. The molecule has 1 aliphatic rings. The van der Waals surface area contributed by atoms with E-state index in [0.29, 0.717) is 13.0 Å². The molecule has 0 aromatic heterocycles. The molecule has 1 saturated heterocycles. The van der Waals surface area contributed by atoms with E-state index < -0.39 is 0 Å². The normalized spacial score (nSPS) is 32.2. The van der Waals surface area contributed by atoms with Gasteiger partial charge in [0.15, 0.2) is 6.04 Å². The number of hydrogen-bond acceptors (Lipinski definition) is 3. The van der Waals surface area contributed by atoms with Gasteiger partial charge in [-0.3, -0.25) is 0 Å². The first-order valence-corrected chi connectivity index (χ1v) is 3.33. The van der Waals surface area contributed by atoms with Crippen LogP contribution in [-0.4, -0.2) is 36.9 Å². The molecule has 58 valence electrons. The zero-order valence-corrected chi connectivity index (χ0v) is 5.91. The second-order valence-corrected chi connectivity index (χ2v) is 2.49. The van der Waals surface area contributed by atoms with Gasteiger partial charge in [-0.25, -0.2) is 4.79 Å². The fourth-order valence-electron chi connectivity index (χ4n) is 1.15. The van der Waals surface area contributed by atoms with Crippen molar-refractivity contribution in [2.45, 2.75) is 18.6 Å². The number of rotatable bonds is 1. The number of aliphatic hydroxyl groups excluding tert-OH is 1. The Bertz CT molecular complexity index is 137. The molecule has 4 heteroatoms. The second-order valence-electron chi connectivity index (χ2n) is 2.49. The zero-order valence-electron chi connectivity index (χ0n) is 5.91. The van der Waals surface area contributed by atoms with Crippen LogP contribution in [-0.2, 0) is 9.53 Å². The van der Waals surface area contributed by atoms with Crippen LogP contribution < -0.4 is 5.32 Å². The number of esters is 1. The summed E-state index contributed by atoms with van der Waals surface area (Å²) < 4.78 is 4.50. The van der Waals surface area contributed by atoms with Gasteiger partial charge >= 0.3 is 5.97 Å². The van der Waals surface area contributed by atoms with Gasteiger partial charge in [-0.05, 0) is 0 Å². The lowest BCUT2D eigenvalue weighted by Gasteiger charge is -2.01. The molecular formula is C6H12NO3+. The zero-order chi connectivity index (χ0) is 7.56. The predicted octanol–water partition coefficient (Wildman–Crippen LogP) is -2.14. The number of hydrogen-bond donors (Lipinski definition) is 2. The van der Waals surface area contributed by atoms with Crippen molar-refractivity contribution >= 4 is 5.97 Å². The van der Waals surface area contributed by atoms with Crippen molar-refractivity contribution in [3.8, 4) is 0 Å². The van der Waals surface area contributed by atoms with E-state index in [1.54, 1.807) is 5.32 Å². The largest absolute Gasteiger partial charge is 0.465 e. The number of carbonyl (C=O) groups excluding carboxylic acids is 1. The van der Waals surface area contributed by atoms with Gasteiger partial charge in [-0.15, -0.1) is 0 Å². The van der Waals surface area contributed by atoms with Crippen LogP contribution in [0.3, 0.4) is 0 Å². The third-order valence-corrected chi connectivity index (χ3v) is 1.72. The number of methoxy groups -OCH3 is 1. The first-order valence-electron chi connectivity index (χ1n) is 3.33. The van der Waals surface area contributed by atoms with Crippen LogP contribution >= 0.6 is 0 Å². The van der Waals surface area contributed by atoms with Gasteiger partial charge in [0.25, 0.3) is 0 Å². The number of carbonyl (C=O) groups is 1. The van der Waals surface area contributed by atoms with Crippen molar-refractivity contribution in [3.05, 3.63) is 0 Å². The Labute approximate surface area is 59.2 Å². The lowest BCUT2D eigenvalue weighted by atomic mass is 10.2. The summed E-state index contributed by atoms with van der Waals surface area (Å²) in [4.78, 5) is 10.8. The predicted molar refractivity (Wildman–Crippen MR) is 33.2 cm³/mol. The van der Waals surface area contributed by atoms with E-state index in [-0.39, 0.29) is 18.1 Å². The van der Waals surface area contributed by atoms with Crippen LogP contribution in [0.25, 0.3) is 0 Å². The Morgan fingerprint density at radius 2 is 2.50 bits per heavy atom. The summed E-state index contributed by atoms with van der Waals surface area (Å²) in [6, 6.07) is -0.181. The first-order chi connectivity index (χ1) is 4.74. The van der Waals surface area contributed by atoms with E-state index in [1.165, 1.54) is 7.11 Å². The Morgan fingerprint density at radius 1 is 1.80 bits per heavy atom. The summed E-state index contributed by atoms with van der Waals surface area (Å²) in [6.07, 6.45) is 0.177. The molecule has 1 aliphatic heterocycles. The fourth-order valence-corrected chi connectivity index (χ4v) is 1.15. The summed E-state index contributed by atoms with van der Waals surface area (Å²) in [5.74, 6) is -0.239. The van der Waals surface area contributed by atoms with E-state index >= 15 is 0 Å². The summed E-state index contributed by atoms with van der Waals surface area (Å²) in [5.41, 5.74) is 0. The molecule has 1 rings (SSSR count). The van der Waals surface area contributed by atoms with Crippen molar-refractivity contribution in [3.63, 3.8) is 0 Å². The molecule has 0 spiro atoms. The number of aliphatic hydroxyl groups is 1. The summed E-state index contributed by atoms with van der Waals surface area (Å²) in [5, 5.41) is 10.8. The summed E-state index contributed by atoms with van der Waals surface area (Å²) >= 11 is 0. The molecule has 4 nitrogen and oxygen atoms in total. The van der Waals surface area contributed by atoms with Crippen molar-refractivity contribution in [1.82, 2.24) is 0 Å². The van der Waals surface area contributed by atoms with Crippen molar-refractivity contribution < 1.29 is 20.0 Å². The van der Waals surface area contributed by atoms with Gasteiger partial charge in [0.05, 0.1) is 7.11 Å². The molecule has 1 heterocycles. The Kier molecular flexibility index (Phi) is 2.24. The highest BCUT2D eigenvalue weighted by Gasteiger charge is 2.32. The van der Waals surface area contributed by atoms with Crippen molar-refractivity contribution in [2.75, 3.05) is 13.7 Å². The molecule has 2 unspecified atom stereocenters. The van der Waals surface area contributed by atoms with E-state index in [0.717, 1.165) is 0 Å². The monoisotopic (exact) mass is 146 g/mol. The smallest absolute Gasteiger partial charge is 0.364 e. The Hall–Kier alpha value is -0.610. The standard InChI is InChI=1S/C6H11NO3/c1-10-6(9)5-2-4(8)3-7-5/h4-5,7-8H,2-3H2,1H3/p+1. The number of quaternary nitrogens is 1. The highest BCUT2D eigenvalue weighted by Crippen LogP contribution is 1.99. The fraction of sp³-hybridized carbons (Fsp3) is 0.833. The van der Waals surface area contributed by atoms with Crippen LogP contribution in [0.1, 0.15) is 6.42 Å². The van der Waals surface area contributed by atoms with Gasteiger partial charge in [0.1, 0.15) is 12.6 Å². The number of nitrogens with two attached hydrogens (primary N) is 1. The molecular weight excluding hydrogens is 134 g/mol. The van der Waals surface area contributed by atoms with E-state index in [4.69, 9.17) is 5.11 Å². The minimum absolute atomic E-state index is 0.181. The minimum atomic E-state index is -0.343. The molecule has 0 aromatic rings. The maximum absolute atomic E-state index is 10.8. The molecule has 0 aliphatic carbocycles. The van der Waals surface area contributed by atoms with E-state index in [2.05, 4.69) is 4.74 Å². The molecule has 10 heavy (non-hydrogen) atoms. The van der Waals surface area contributed by atoms with Crippen LogP contribution in [0.5, 0.6) is 0 Å². The third-order valence-electron chi connectivity index (χ3n) is 1.72. The molecule has 0 saturated carbocycles. The van der Waals surface area contributed by atoms with Crippen molar-refractivity contribution in [2.24, 2.45) is 0 Å². The van der Waals surface area contributed by atoms with Crippen LogP contribution in [0, 0.1) is 0 Å². The maximum atomic E-state index is 10.8. The quantitative estimate of drug-likeness (QED) is 0.415. The van der Waals surface area contributed by atoms with Crippen molar-refractivity contribution in [1.29, 1.82) is 0 Å². The second kappa shape index (κ2) is 2.98. The lowest BCUT2D eigenvalue weighted by molar-refractivity contribution is -0.661. The van der Waals surface area contributed by atoms with Gasteiger partial charge in [0, 0.05) is 6.42 Å². The number of ether oxygens (including phenoxy) is 1. The molecule has 0 aromatic carbocycles. The van der Waals surface area contributed by atoms with E-state index in [9.17, 15) is 4.79 Å². The van der Waals surface area contributed by atoms with Gasteiger partial charge in [0.2, 0.25) is 0 Å². The van der Waals surface area contributed by atoms with Crippen LogP contribution in [0.15, 0.2) is 0 Å². The first kappa shape index (κ1) is 7.50. The van der Waals surface area contributed by atoms with Crippen LogP contribution in [0.4, 0.5) is 0 Å². The molecule has 3 N–H and O–H groups in total. The highest BCUT2D eigenvalue weighted by atomic mass is 16.5. The minimum Gasteiger partial charge on any atom is -0.465 e. The third kappa shape index (κ3) is 1.46. The average Bonchev–Trinajstić information content (AvgIpc) is 2.34. The topological polar surface area (TPSA) is 63.1 Å². The van der Waals surface area contributed by atoms with E-state index in [1.807, 2.05) is 0 Å². The summed E-state index contributed by atoms with van der Waals surface area (Å²) in [6.45, 7) is 0.611. The molecule has 0 amide bonds.